The van der Waals surface area contributed by atoms with E-state index in [0.717, 1.165) is 0 Å². The third-order valence-electron chi connectivity index (χ3n) is 3.08. The summed E-state index contributed by atoms with van der Waals surface area (Å²) in [6.45, 7) is 3.58. The third kappa shape index (κ3) is 2.60. The molecule has 21 heavy (non-hydrogen) atoms. The zero-order valence-corrected chi connectivity index (χ0v) is 11.6. The van der Waals surface area contributed by atoms with Gasteiger partial charge in [-0.3, -0.25) is 10.1 Å². The molecule has 2 heterocycles. The average Bonchev–Trinajstić information content (AvgIpc) is 2.86. The number of hydrogen-bond donors (Lipinski definition) is 1. The molecule has 0 radical (unpaired) electrons. The van der Waals surface area contributed by atoms with Crippen molar-refractivity contribution in [2.75, 3.05) is 0 Å². The van der Waals surface area contributed by atoms with E-state index in [1.54, 1.807) is 19.9 Å². The Morgan fingerprint density at radius 2 is 2.14 bits per heavy atom. The summed E-state index contributed by atoms with van der Waals surface area (Å²) >= 11 is 0. The molecule has 0 aliphatic heterocycles. The highest BCUT2D eigenvalue weighted by atomic mass is 16.6. The molecule has 0 fully saturated rings. The highest BCUT2D eigenvalue weighted by Gasteiger charge is 2.26. The zero-order valence-electron chi connectivity index (χ0n) is 11.6. The van der Waals surface area contributed by atoms with Crippen LogP contribution in [0.1, 0.15) is 35.7 Å². The minimum Gasteiger partial charge on any atom is -0.477 e. The first-order valence-corrected chi connectivity index (χ1v) is 6.44. The lowest BCUT2D eigenvalue weighted by atomic mass is 10.2. The summed E-state index contributed by atoms with van der Waals surface area (Å²) in [5.74, 6) is -1.16. The molecular weight excluding hydrogens is 276 g/mol. The van der Waals surface area contributed by atoms with E-state index in [4.69, 9.17) is 5.11 Å². The van der Waals surface area contributed by atoms with Crippen molar-refractivity contribution in [3.63, 3.8) is 0 Å². The van der Waals surface area contributed by atoms with E-state index in [2.05, 4.69) is 10.1 Å². The fraction of sp³-hybridized carbons (Fsp3) is 0.308. The van der Waals surface area contributed by atoms with Crippen molar-refractivity contribution in [1.29, 1.82) is 0 Å². The summed E-state index contributed by atoms with van der Waals surface area (Å²) in [5.41, 5.74) is 1.13. The van der Waals surface area contributed by atoms with Crippen LogP contribution in [0.15, 0.2) is 18.3 Å². The number of aryl methyl sites for hydroxylation is 1. The Morgan fingerprint density at radius 1 is 1.43 bits per heavy atom. The highest BCUT2D eigenvalue weighted by molar-refractivity contribution is 5.85. The maximum atomic E-state index is 11.2. The summed E-state index contributed by atoms with van der Waals surface area (Å²) in [6, 6.07) is 2.92. The van der Waals surface area contributed by atoms with Gasteiger partial charge in [-0.05, 0) is 25.0 Å². The molecule has 1 N–H and O–H groups in total. The van der Waals surface area contributed by atoms with E-state index in [-0.39, 0.29) is 11.4 Å². The van der Waals surface area contributed by atoms with Gasteiger partial charge in [-0.15, -0.1) is 0 Å². The van der Waals surface area contributed by atoms with Crippen molar-refractivity contribution >= 4 is 11.7 Å². The molecule has 0 atom stereocenters. The van der Waals surface area contributed by atoms with Gasteiger partial charge < -0.3 is 5.11 Å². The molecule has 2 rings (SSSR count). The Balaban J connectivity index is 2.66. The Bertz CT molecular complexity index is 708. The van der Waals surface area contributed by atoms with Crippen LogP contribution in [0.5, 0.6) is 0 Å². The SMILES string of the molecule is CCc1nn(-c2ccnc(C(=O)O)c2)c(CC)c1[N+](=O)[O-]. The van der Waals surface area contributed by atoms with Crippen LogP contribution in [0.25, 0.3) is 5.69 Å². The fourth-order valence-corrected chi connectivity index (χ4v) is 2.14. The Labute approximate surface area is 120 Å². The number of rotatable bonds is 5. The largest absolute Gasteiger partial charge is 0.477 e. The first-order chi connectivity index (χ1) is 9.99. The fourth-order valence-electron chi connectivity index (χ4n) is 2.14. The molecule has 0 saturated carbocycles. The number of pyridine rings is 1. The second-order valence-electron chi connectivity index (χ2n) is 4.32. The number of carboxylic acid groups (broad SMARTS) is 1. The van der Waals surface area contributed by atoms with E-state index in [1.165, 1.54) is 16.9 Å². The van der Waals surface area contributed by atoms with Gasteiger partial charge in [0.05, 0.1) is 10.6 Å². The minimum atomic E-state index is -1.16. The van der Waals surface area contributed by atoms with Gasteiger partial charge in [-0.2, -0.15) is 5.10 Å². The topological polar surface area (TPSA) is 111 Å². The van der Waals surface area contributed by atoms with E-state index in [0.29, 0.717) is 29.9 Å². The monoisotopic (exact) mass is 290 g/mol. The second-order valence-corrected chi connectivity index (χ2v) is 4.32. The predicted molar refractivity (Wildman–Crippen MR) is 73.7 cm³/mol. The van der Waals surface area contributed by atoms with Crippen molar-refractivity contribution in [2.24, 2.45) is 0 Å². The molecule has 0 saturated heterocycles. The van der Waals surface area contributed by atoms with E-state index in [9.17, 15) is 14.9 Å². The number of aromatic nitrogens is 3. The molecule has 0 aromatic carbocycles. The Kier molecular flexibility index (Phi) is 3.97. The van der Waals surface area contributed by atoms with E-state index in [1.807, 2.05) is 0 Å². The number of nitrogens with zero attached hydrogens (tertiary/aromatic N) is 4. The summed E-state index contributed by atoms with van der Waals surface area (Å²) in [4.78, 5) is 25.5. The van der Waals surface area contributed by atoms with Crippen molar-refractivity contribution in [3.8, 4) is 5.69 Å². The van der Waals surface area contributed by atoms with Gasteiger partial charge in [-0.1, -0.05) is 13.8 Å². The first-order valence-electron chi connectivity index (χ1n) is 6.44. The molecule has 8 nitrogen and oxygen atoms in total. The normalized spacial score (nSPS) is 10.6. The summed E-state index contributed by atoms with van der Waals surface area (Å²) in [7, 11) is 0. The molecule has 0 unspecified atom stereocenters. The van der Waals surface area contributed by atoms with Crippen LogP contribution in [0.4, 0.5) is 5.69 Å². The first kappa shape index (κ1) is 14.6. The van der Waals surface area contributed by atoms with E-state index < -0.39 is 10.9 Å². The molecule has 0 spiro atoms. The van der Waals surface area contributed by atoms with Gasteiger partial charge in [0, 0.05) is 6.20 Å². The van der Waals surface area contributed by atoms with Crippen LogP contribution in [-0.2, 0) is 12.8 Å². The quantitative estimate of drug-likeness (QED) is 0.666. The van der Waals surface area contributed by atoms with Crippen LogP contribution < -0.4 is 0 Å². The lowest BCUT2D eigenvalue weighted by Gasteiger charge is -2.05. The molecule has 8 heteroatoms. The maximum Gasteiger partial charge on any atom is 0.354 e. The molecule has 2 aromatic heterocycles. The Hall–Kier alpha value is -2.77. The lowest BCUT2D eigenvalue weighted by Crippen LogP contribution is -2.06. The predicted octanol–water partition coefficient (Wildman–Crippen LogP) is 2.00. The van der Waals surface area contributed by atoms with Crippen LogP contribution in [-0.4, -0.2) is 30.8 Å². The van der Waals surface area contributed by atoms with Gasteiger partial charge in [-0.25, -0.2) is 14.5 Å². The third-order valence-corrected chi connectivity index (χ3v) is 3.08. The number of carbonyl (C=O) groups is 1. The summed E-state index contributed by atoms with van der Waals surface area (Å²) in [6.07, 6.45) is 2.18. The molecule has 0 aliphatic carbocycles. The molecule has 2 aromatic rings. The zero-order chi connectivity index (χ0) is 15.6. The second kappa shape index (κ2) is 5.70. The average molecular weight is 290 g/mol. The minimum absolute atomic E-state index is 0.00585. The van der Waals surface area contributed by atoms with Gasteiger partial charge in [0.1, 0.15) is 17.1 Å². The van der Waals surface area contributed by atoms with Gasteiger partial charge in [0.25, 0.3) is 0 Å². The van der Waals surface area contributed by atoms with Gasteiger partial charge in [0.15, 0.2) is 0 Å². The number of carboxylic acids is 1. The summed E-state index contributed by atoms with van der Waals surface area (Å²) in [5, 5.41) is 24.4. The molecule has 0 amide bonds. The van der Waals surface area contributed by atoms with E-state index >= 15 is 0 Å². The number of aromatic carboxylic acids is 1. The van der Waals surface area contributed by atoms with Gasteiger partial charge in [0.2, 0.25) is 0 Å². The van der Waals surface area contributed by atoms with Crippen molar-refractivity contribution in [1.82, 2.24) is 14.8 Å². The smallest absolute Gasteiger partial charge is 0.354 e. The van der Waals surface area contributed by atoms with Crippen LogP contribution in [0.3, 0.4) is 0 Å². The molecule has 0 bridgehead atoms. The standard InChI is InChI=1S/C13H14N4O4/c1-3-9-12(17(20)21)11(4-2)16(15-9)8-5-6-14-10(7-8)13(18)19/h5-7H,3-4H2,1-2H3,(H,18,19). The maximum absolute atomic E-state index is 11.2. The van der Waals surface area contributed by atoms with Crippen LogP contribution >= 0.6 is 0 Å². The van der Waals surface area contributed by atoms with Crippen LogP contribution in [0, 0.1) is 10.1 Å². The summed E-state index contributed by atoms with van der Waals surface area (Å²) < 4.78 is 1.42. The molecule has 110 valence electrons. The van der Waals surface area contributed by atoms with Crippen molar-refractivity contribution < 1.29 is 14.8 Å². The molecule has 0 aliphatic rings. The van der Waals surface area contributed by atoms with Crippen molar-refractivity contribution in [2.45, 2.75) is 26.7 Å². The number of nitro groups is 1. The number of hydrogen-bond acceptors (Lipinski definition) is 5. The van der Waals surface area contributed by atoms with Crippen LogP contribution in [0.2, 0.25) is 0 Å². The highest BCUT2D eigenvalue weighted by Crippen LogP contribution is 2.27. The molecular formula is C13H14N4O4. The van der Waals surface area contributed by atoms with Gasteiger partial charge >= 0.3 is 11.7 Å². The van der Waals surface area contributed by atoms with Crippen molar-refractivity contribution in [3.05, 3.63) is 45.5 Å². The lowest BCUT2D eigenvalue weighted by molar-refractivity contribution is -0.386. The Morgan fingerprint density at radius 3 is 2.67 bits per heavy atom.